The molecule has 1 heterocycles. The van der Waals surface area contributed by atoms with E-state index in [1.807, 2.05) is 44.2 Å². The largest absolute Gasteiger partial charge is 0.445 e. The highest BCUT2D eigenvalue weighted by molar-refractivity contribution is 5.67. The summed E-state index contributed by atoms with van der Waals surface area (Å²) in [5, 5.41) is 12.2. The van der Waals surface area contributed by atoms with Gasteiger partial charge in [0.1, 0.15) is 6.61 Å². The monoisotopic (exact) mass is 280 g/mol. The molecule has 112 valence electrons. The zero-order chi connectivity index (χ0) is 14.8. The molecule has 0 radical (unpaired) electrons. The molecule has 1 saturated heterocycles. The van der Waals surface area contributed by atoms with Crippen molar-refractivity contribution in [2.75, 3.05) is 26.2 Å². The lowest BCUT2D eigenvalue weighted by atomic mass is 10.2. The van der Waals surface area contributed by atoms with E-state index in [0.717, 1.165) is 5.56 Å². The molecule has 1 unspecified atom stereocenters. The molecule has 0 bridgehead atoms. The minimum atomic E-state index is -0.321. The summed E-state index contributed by atoms with van der Waals surface area (Å²) in [6.07, 6.45) is -0.321. The number of aliphatic hydroxyl groups is 1. The third-order valence-electron chi connectivity index (χ3n) is 2.94. The number of ether oxygens (including phenoxy) is 1. The molecule has 1 aliphatic heterocycles. The topological polar surface area (TPSA) is 61.8 Å². The van der Waals surface area contributed by atoms with Gasteiger partial charge in [-0.05, 0) is 5.56 Å². The second kappa shape index (κ2) is 9.34. The van der Waals surface area contributed by atoms with Crippen LogP contribution in [-0.2, 0) is 11.3 Å². The summed E-state index contributed by atoms with van der Waals surface area (Å²) in [6.45, 7) is 6.11. The van der Waals surface area contributed by atoms with Crippen LogP contribution in [0.15, 0.2) is 30.3 Å². The number of carbonyl (C=O) groups is 1. The van der Waals surface area contributed by atoms with Crippen LogP contribution in [0.25, 0.3) is 0 Å². The molecule has 1 fully saturated rings. The summed E-state index contributed by atoms with van der Waals surface area (Å²) < 4.78 is 5.24. The Balaban J connectivity index is 0.000000956. The van der Waals surface area contributed by atoms with Crippen LogP contribution in [-0.4, -0.2) is 48.4 Å². The zero-order valence-electron chi connectivity index (χ0n) is 12.2. The molecule has 1 aliphatic rings. The number of aliphatic hydroxyl groups excluding tert-OH is 1. The van der Waals surface area contributed by atoms with E-state index in [4.69, 9.17) is 9.84 Å². The SMILES string of the molecule is CC.O=C(OCc1ccccc1)N1CCNC(CO)C1. The van der Waals surface area contributed by atoms with Crippen LogP contribution in [0, 0.1) is 0 Å². The molecule has 1 amide bonds. The van der Waals surface area contributed by atoms with Crippen molar-refractivity contribution in [1.82, 2.24) is 10.2 Å². The predicted octanol–water partition coefficient (Wildman–Crippen LogP) is 1.62. The van der Waals surface area contributed by atoms with Gasteiger partial charge < -0.3 is 20.1 Å². The van der Waals surface area contributed by atoms with Crippen LogP contribution in [0.4, 0.5) is 4.79 Å². The van der Waals surface area contributed by atoms with Crippen molar-refractivity contribution in [3.63, 3.8) is 0 Å². The summed E-state index contributed by atoms with van der Waals surface area (Å²) in [5.41, 5.74) is 0.972. The number of carbonyl (C=O) groups excluding carboxylic acids is 1. The molecule has 2 rings (SSSR count). The van der Waals surface area contributed by atoms with E-state index in [9.17, 15) is 4.79 Å². The molecule has 20 heavy (non-hydrogen) atoms. The number of piperazine rings is 1. The van der Waals surface area contributed by atoms with E-state index >= 15 is 0 Å². The smallest absolute Gasteiger partial charge is 0.410 e. The molecule has 5 nitrogen and oxygen atoms in total. The second-order valence-corrected chi connectivity index (χ2v) is 4.32. The van der Waals surface area contributed by atoms with Gasteiger partial charge in [-0.3, -0.25) is 0 Å². The van der Waals surface area contributed by atoms with Crippen molar-refractivity contribution >= 4 is 6.09 Å². The molecule has 1 aromatic rings. The van der Waals surface area contributed by atoms with Gasteiger partial charge in [0.15, 0.2) is 0 Å². The van der Waals surface area contributed by atoms with E-state index in [1.54, 1.807) is 4.90 Å². The summed E-state index contributed by atoms with van der Waals surface area (Å²) in [6, 6.07) is 9.53. The number of nitrogens with zero attached hydrogens (tertiary/aromatic N) is 1. The van der Waals surface area contributed by atoms with Gasteiger partial charge in [-0.1, -0.05) is 44.2 Å². The summed E-state index contributed by atoms with van der Waals surface area (Å²) in [5.74, 6) is 0. The van der Waals surface area contributed by atoms with E-state index < -0.39 is 0 Å². The Morgan fingerprint density at radius 2 is 2.10 bits per heavy atom. The number of nitrogens with one attached hydrogen (secondary N) is 1. The standard InChI is InChI=1S/C13H18N2O3.C2H6/c16-9-12-8-15(7-6-14-12)13(17)18-10-11-4-2-1-3-5-11;1-2/h1-5,12,14,16H,6-10H2;1-2H3. The number of hydrogen-bond donors (Lipinski definition) is 2. The van der Waals surface area contributed by atoms with Crippen molar-refractivity contribution in [1.29, 1.82) is 0 Å². The van der Waals surface area contributed by atoms with Gasteiger partial charge >= 0.3 is 6.09 Å². The first-order valence-corrected chi connectivity index (χ1v) is 7.09. The van der Waals surface area contributed by atoms with Gasteiger partial charge in [-0.2, -0.15) is 0 Å². The Hall–Kier alpha value is -1.59. The van der Waals surface area contributed by atoms with Crippen molar-refractivity contribution < 1.29 is 14.6 Å². The van der Waals surface area contributed by atoms with E-state index in [2.05, 4.69) is 5.32 Å². The molecule has 1 atom stereocenters. The van der Waals surface area contributed by atoms with Gasteiger partial charge in [0.2, 0.25) is 0 Å². The molecular weight excluding hydrogens is 256 g/mol. The van der Waals surface area contributed by atoms with E-state index in [-0.39, 0.29) is 25.3 Å². The Bertz CT molecular complexity index is 384. The average molecular weight is 280 g/mol. The fraction of sp³-hybridized carbons (Fsp3) is 0.533. The van der Waals surface area contributed by atoms with Gasteiger partial charge in [0, 0.05) is 25.7 Å². The Labute approximate surface area is 120 Å². The maximum Gasteiger partial charge on any atom is 0.410 e. The quantitative estimate of drug-likeness (QED) is 0.883. The average Bonchev–Trinajstić information content (AvgIpc) is 2.55. The molecule has 0 aliphatic carbocycles. The summed E-state index contributed by atoms with van der Waals surface area (Å²) in [4.78, 5) is 13.5. The summed E-state index contributed by atoms with van der Waals surface area (Å²) >= 11 is 0. The highest BCUT2D eigenvalue weighted by atomic mass is 16.6. The lowest BCUT2D eigenvalue weighted by molar-refractivity contribution is 0.0781. The van der Waals surface area contributed by atoms with Gasteiger partial charge in [0.05, 0.1) is 6.61 Å². The third kappa shape index (κ3) is 5.19. The molecular formula is C15H24N2O3. The lowest BCUT2D eigenvalue weighted by Gasteiger charge is -2.31. The molecule has 0 saturated carbocycles. The molecule has 0 spiro atoms. The maximum atomic E-state index is 11.8. The van der Waals surface area contributed by atoms with E-state index in [0.29, 0.717) is 19.6 Å². The Morgan fingerprint density at radius 3 is 2.75 bits per heavy atom. The molecule has 5 heteroatoms. The maximum absolute atomic E-state index is 11.8. The first-order valence-electron chi connectivity index (χ1n) is 7.09. The van der Waals surface area contributed by atoms with Crippen LogP contribution in [0.2, 0.25) is 0 Å². The van der Waals surface area contributed by atoms with Crippen LogP contribution in [0.1, 0.15) is 19.4 Å². The Morgan fingerprint density at radius 1 is 1.40 bits per heavy atom. The normalized spacial score (nSPS) is 17.9. The van der Waals surface area contributed by atoms with Gasteiger partial charge in [-0.15, -0.1) is 0 Å². The Kier molecular flexibility index (Phi) is 7.69. The minimum Gasteiger partial charge on any atom is -0.445 e. The van der Waals surface area contributed by atoms with Crippen LogP contribution < -0.4 is 5.32 Å². The second-order valence-electron chi connectivity index (χ2n) is 4.32. The van der Waals surface area contributed by atoms with Crippen molar-refractivity contribution in [2.24, 2.45) is 0 Å². The summed E-state index contributed by atoms with van der Waals surface area (Å²) in [7, 11) is 0. The van der Waals surface area contributed by atoms with E-state index in [1.165, 1.54) is 0 Å². The van der Waals surface area contributed by atoms with Crippen molar-refractivity contribution in [3.05, 3.63) is 35.9 Å². The number of rotatable bonds is 3. The lowest BCUT2D eigenvalue weighted by Crippen LogP contribution is -2.54. The van der Waals surface area contributed by atoms with Crippen LogP contribution in [0.5, 0.6) is 0 Å². The van der Waals surface area contributed by atoms with Gasteiger partial charge in [0.25, 0.3) is 0 Å². The van der Waals surface area contributed by atoms with Crippen molar-refractivity contribution in [3.8, 4) is 0 Å². The first-order chi connectivity index (χ1) is 9.79. The van der Waals surface area contributed by atoms with Gasteiger partial charge in [-0.25, -0.2) is 4.79 Å². The molecule has 1 aromatic carbocycles. The number of hydrogen-bond acceptors (Lipinski definition) is 4. The zero-order valence-corrected chi connectivity index (χ0v) is 12.2. The predicted molar refractivity (Wildman–Crippen MR) is 78.4 cm³/mol. The first kappa shape index (κ1) is 16.5. The number of benzene rings is 1. The minimum absolute atomic E-state index is 0.0302. The molecule has 2 N–H and O–H groups in total. The van der Waals surface area contributed by atoms with Crippen molar-refractivity contribution in [2.45, 2.75) is 26.5 Å². The third-order valence-corrected chi connectivity index (χ3v) is 2.94. The van der Waals surface area contributed by atoms with Crippen LogP contribution >= 0.6 is 0 Å². The fourth-order valence-corrected chi connectivity index (χ4v) is 1.92. The highest BCUT2D eigenvalue weighted by Gasteiger charge is 2.23. The van der Waals surface area contributed by atoms with Crippen LogP contribution in [0.3, 0.4) is 0 Å². The molecule has 0 aromatic heterocycles. The fourth-order valence-electron chi connectivity index (χ4n) is 1.92. The highest BCUT2D eigenvalue weighted by Crippen LogP contribution is 2.05. The number of amides is 1.